The van der Waals surface area contributed by atoms with Crippen LogP contribution in [0.3, 0.4) is 0 Å². The minimum Gasteiger partial charge on any atom is -0.493 e. The van der Waals surface area contributed by atoms with E-state index >= 15 is 0 Å². The van der Waals surface area contributed by atoms with Gasteiger partial charge in [0.2, 0.25) is 5.91 Å². The molecule has 186 valence electrons. The van der Waals surface area contributed by atoms with Gasteiger partial charge in [0.25, 0.3) is 5.91 Å². The lowest BCUT2D eigenvalue weighted by Gasteiger charge is -2.44. The van der Waals surface area contributed by atoms with Gasteiger partial charge in [0.1, 0.15) is 11.2 Å². The average molecular weight is 496 g/mol. The molecule has 1 atom stereocenters. The Bertz CT molecular complexity index is 1240. The molecule has 1 saturated carbocycles. The highest BCUT2D eigenvalue weighted by Crippen LogP contribution is 2.38. The molecule has 0 radical (unpaired) electrons. The van der Waals surface area contributed by atoms with Crippen LogP contribution in [0.25, 0.3) is 10.2 Å². The van der Waals surface area contributed by atoms with E-state index in [2.05, 4.69) is 5.32 Å². The molecule has 0 spiro atoms. The summed E-state index contributed by atoms with van der Waals surface area (Å²) in [7, 11) is 3.19. The zero-order valence-electron chi connectivity index (χ0n) is 20.6. The number of methoxy groups -OCH3 is 2. The second-order valence-corrected chi connectivity index (χ2v) is 10.7. The lowest BCUT2D eigenvalue weighted by molar-refractivity contribution is -0.134. The Kier molecular flexibility index (Phi) is 6.49. The van der Waals surface area contributed by atoms with Crippen molar-refractivity contribution in [3.63, 3.8) is 0 Å². The maximum absolute atomic E-state index is 14.0. The number of hydrogen-bond acceptors (Lipinski definition) is 5. The molecule has 2 amide bonds. The molecular weight excluding hydrogens is 462 g/mol. The molecule has 3 heterocycles. The van der Waals surface area contributed by atoms with Gasteiger partial charge in [-0.15, -0.1) is 11.3 Å². The molecule has 2 aromatic heterocycles. The predicted octanol–water partition coefficient (Wildman–Crippen LogP) is 4.97. The van der Waals surface area contributed by atoms with Crippen LogP contribution >= 0.6 is 11.3 Å². The molecule has 0 unspecified atom stereocenters. The number of nitrogens with one attached hydrogen (secondary N) is 1. The van der Waals surface area contributed by atoms with Crippen molar-refractivity contribution in [3.05, 3.63) is 47.0 Å². The van der Waals surface area contributed by atoms with Crippen LogP contribution < -0.4 is 14.8 Å². The fourth-order valence-corrected chi connectivity index (χ4v) is 6.36. The first-order valence-corrected chi connectivity index (χ1v) is 13.2. The second-order valence-electron chi connectivity index (χ2n) is 9.77. The van der Waals surface area contributed by atoms with Crippen LogP contribution in [0.1, 0.15) is 61.5 Å². The lowest BCUT2D eigenvalue weighted by atomic mass is 9.92. The number of rotatable bonds is 6. The van der Waals surface area contributed by atoms with E-state index in [9.17, 15) is 9.59 Å². The van der Waals surface area contributed by atoms with Gasteiger partial charge in [-0.2, -0.15) is 0 Å². The van der Waals surface area contributed by atoms with E-state index in [1.165, 1.54) is 12.8 Å². The van der Waals surface area contributed by atoms with Crippen LogP contribution in [0, 0.1) is 0 Å². The maximum Gasteiger partial charge on any atom is 0.271 e. The average Bonchev–Trinajstić information content (AvgIpc) is 3.35. The van der Waals surface area contributed by atoms with Crippen LogP contribution in [0.4, 0.5) is 0 Å². The summed E-state index contributed by atoms with van der Waals surface area (Å²) in [5.41, 5.74) is 1.37. The minimum absolute atomic E-state index is 0.0951. The molecule has 1 aromatic carbocycles. The van der Waals surface area contributed by atoms with Gasteiger partial charge in [-0.05, 0) is 43.3 Å². The molecule has 1 aliphatic heterocycles. The first-order chi connectivity index (χ1) is 17.0. The quantitative estimate of drug-likeness (QED) is 0.490. The molecule has 1 fully saturated rings. The highest BCUT2D eigenvalue weighted by molar-refractivity contribution is 7.17. The fraction of sp³-hybridized carbons (Fsp3) is 0.481. The Hall–Kier alpha value is -3.00. The fourth-order valence-electron chi connectivity index (χ4n) is 5.53. The van der Waals surface area contributed by atoms with Gasteiger partial charge >= 0.3 is 0 Å². The van der Waals surface area contributed by atoms with Gasteiger partial charge in [-0.1, -0.05) is 37.8 Å². The Balaban J connectivity index is 1.55. The number of benzene rings is 1. The van der Waals surface area contributed by atoms with Gasteiger partial charge < -0.3 is 24.3 Å². The first-order valence-electron chi connectivity index (χ1n) is 12.4. The highest BCUT2D eigenvalue weighted by Gasteiger charge is 2.48. The van der Waals surface area contributed by atoms with Gasteiger partial charge in [-0.25, -0.2) is 0 Å². The van der Waals surface area contributed by atoms with E-state index in [0.29, 0.717) is 23.7 Å². The molecule has 1 aliphatic carbocycles. The van der Waals surface area contributed by atoms with Crippen molar-refractivity contribution >= 4 is 33.4 Å². The van der Waals surface area contributed by atoms with Crippen LogP contribution in [-0.2, 0) is 17.9 Å². The Morgan fingerprint density at radius 3 is 2.63 bits per heavy atom. The number of aromatic nitrogens is 1. The molecule has 1 N–H and O–H groups in total. The van der Waals surface area contributed by atoms with Crippen LogP contribution in [0.5, 0.6) is 11.5 Å². The maximum atomic E-state index is 14.0. The molecule has 35 heavy (non-hydrogen) atoms. The van der Waals surface area contributed by atoms with E-state index in [4.69, 9.17) is 9.47 Å². The van der Waals surface area contributed by atoms with E-state index in [-0.39, 0.29) is 24.4 Å². The summed E-state index contributed by atoms with van der Waals surface area (Å²) in [4.78, 5) is 29.6. The Morgan fingerprint density at radius 2 is 1.91 bits per heavy atom. The standard InChI is InChI=1S/C27H33N3O4S/c1-27(26(32)28-19-10-6-4-5-7-11-19)17-29-20-13-14-35-23(20)15-21(29)25(31)30(27)16-18-9-8-12-22(33-2)24(18)34-3/h8-9,12-15,19H,4-7,10-11,16-17H2,1-3H3,(H,28,32)/t27-/m0/s1. The number of hydrogen-bond donors (Lipinski definition) is 1. The van der Waals surface area contributed by atoms with Gasteiger partial charge in [0.05, 0.1) is 37.5 Å². The molecule has 2 aliphatic rings. The molecule has 7 nitrogen and oxygen atoms in total. The third kappa shape index (κ3) is 4.18. The number of carbonyl (C=O) groups excluding carboxylic acids is 2. The minimum atomic E-state index is -1.06. The lowest BCUT2D eigenvalue weighted by Crippen LogP contribution is -2.64. The zero-order valence-corrected chi connectivity index (χ0v) is 21.5. The van der Waals surface area contributed by atoms with E-state index in [1.807, 2.05) is 47.2 Å². The Morgan fingerprint density at radius 1 is 1.14 bits per heavy atom. The summed E-state index contributed by atoms with van der Waals surface area (Å²) < 4.78 is 14.2. The van der Waals surface area contributed by atoms with E-state index in [0.717, 1.165) is 41.5 Å². The van der Waals surface area contributed by atoms with Crippen molar-refractivity contribution in [3.8, 4) is 11.5 Å². The van der Waals surface area contributed by atoms with E-state index in [1.54, 1.807) is 30.5 Å². The normalized spacial score (nSPS) is 21.0. The molecule has 0 saturated heterocycles. The summed E-state index contributed by atoms with van der Waals surface area (Å²) in [5.74, 6) is 0.935. The third-order valence-electron chi connectivity index (χ3n) is 7.54. The SMILES string of the molecule is COc1cccc(CN2C(=O)c3cc4sccc4n3C[C@@]2(C)C(=O)NC2CCCCCC2)c1OC. The highest BCUT2D eigenvalue weighted by atomic mass is 32.1. The van der Waals surface area contributed by atoms with Crippen LogP contribution in [-0.4, -0.2) is 47.1 Å². The third-order valence-corrected chi connectivity index (χ3v) is 8.39. The number of para-hydroxylation sites is 1. The largest absolute Gasteiger partial charge is 0.493 e. The molecule has 3 aromatic rings. The van der Waals surface area contributed by atoms with Crippen molar-refractivity contribution in [2.75, 3.05) is 14.2 Å². The van der Waals surface area contributed by atoms with E-state index < -0.39 is 5.54 Å². The molecular formula is C27H33N3O4S. The van der Waals surface area contributed by atoms with Crippen molar-refractivity contribution < 1.29 is 19.1 Å². The zero-order chi connectivity index (χ0) is 24.6. The summed E-state index contributed by atoms with van der Waals surface area (Å²) in [6.45, 7) is 2.54. The molecule has 8 heteroatoms. The second kappa shape index (κ2) is 9.57. The number of carbonyl (C=O) groups is 2. The summed E-state index contributed by atoms with van der Waals surface area (Å²) in [5, 5.41) is 5.35. The molecule has 5 rings (SSSR count). The summed E-state index contributed by atoms with van der Waals surface area (Å²) in [6, 6.07) is 9.76. The van der Waals surface area contributed by atoms with Crippen molar-refractivity contribution in [1.29, 1.82) is 0 Å². The first kappa shape index (κ1) is 23.7. The van der Waals surface area contributed by atoms with Gasteiger partial charge in [0.15, 0.2) is 11.5 Å². The van der Waals surface area contributed by atoms with Crippen molar-refractivity contribution in [2.45, 2.75) is 70.1 Å². The topological polar surface area (TPSA) is 72.8 Å². The van der Waals surface area contributed by atoms with Gasteiger partial charge in [-0.3, -0.25) is 9.59 Å². The smallest absolute Gasteiger partial charge is 0.271 e. The van der Waals surface area contributed by atoms with Crippen LogP contribution in [0.15, 0.2) is 35.7 Å². The summed E-state index contributed by atoms with van der Waals surface area (Å²) >= 11 is 1.61. The number of fused-ring (bicyclic) bond motifs is 3. The van der Waals surface area contributed by atoms with Gasteiger partial charge in [0, 0.05) is 11.6 Å². The molecule has 0 bridgehead atoms. The summed E-state index contributed by atoms with van der Waals surface area (Å²) in [6.07, 6.45) is 6.66. The predicted molar refractivity (Wildman–Crippen MR) is 137 cm³/mol. The van der Waals surface area contributed by atoms with Crippen molar-refractivity contribution in [1.82, 2.24) is 14.8 Å². The van der Waals surface area contributed by atoms with Crippen molar-refractivity contribution in [2.24, 2.45) is 0 Å². The number of amides is 2. The Labute approximate surface area is 210 Å². The number of ether oxygens (including phenoxy) is 2. The number of thiophene rings is 1. The van der Waals surface area contributed by atoms with Crippen LogP contribution in [0.2, 0.25) is 0 Å². The number of nitrogens with zero attached hydrogens (tertiary/aromatic N) is 2. The monoisotopic (exact) mass is 495 g/mol.